The Bertz CT molecular complexity index is 1770. The summed E-state index contributed by atoms with van der Waals surface area (Å²) in [6.07, 6.45) is 0. The second-order valence-electron chi connectivity index (χ2n) is 8.50. The summed E-state index contributed by atoms with van der Waals surface area (Å²) in [4.78, 5) is 26.6. The van der Waals surface area contributed by atoms with Crippen molar-refractivity contribution >= 4 is 91.6 Å². The molecule has 0 atom stereocenters. The minimum absolute atomic E-state index is 0.0754. The summed E-state index contributed by atoms with van der Waals surface area (Å²) in [6.45, 7) is 3.78. The third-order valence-electron chi connectivity index (χ3n) is 6.28. The molecule has 0 fully saturated rings. The number of para-hydroxylation sites is 1. The number of esters is 2. The fourth-order valence-electron chi connectivity index (χ4n) is 4.61. The first kappa shape index (κ1) is 27.6. The fraction of sp³-hybridized carbons (Fsp3) is 0.103. The minimum Gasteiger partial charge on any atom is -0.462 e. The maximum atomic E-state index is 13.4. The van der Waals surface area contributed by atoms with Crippen LogP contribution in [0, 0.1) is 6.92 Å². The molecule has 0 unspecified atom stereocenters. The van der Waals surface area contributed by atoms with E-state index in [0.717, 1.165) is 16.6 Å². The van der Waals surface area contributed by atoms with Gasteiger partial charge in [0.25, 0.3) is 0 Å². The van der Waals surface area contributed by atoms with Gasteiger partial charge in [-0.25, -0.2) is 9.59 Å². The number of benzene rings is 4. The molecule has 0 aliphatic rings. The van der Waals surface area contributed by atoms with E-state index in [-0.39, 0.29) is 43.0 Å². The van der Waals surface area contributed by atoms with Crippen molar-refractivity contribution in [3.8, 4) is 11.4 Å². The molecule has 4 aromatic carbocycles. The third kappa shape index (κ3) is 4.62. The minimum atomic E-state index is -0.896. The molecular weight excluding hydrogens is 604 g/mol. The summed E-state index contributed by atoms with van der Waals surface area (Å²) in [5, 5.41) is 1.19. The molecule has 0 N–H and O–H groups in total. The van der Waals surface area contributed by atoms with E-state index in [1.165, 1.54) is 0 Å². The highest BCUT2D eigenvalue weighted by Crippen LogP contribution is 2.45. The number of nitrogens with zero attached hydrogens (tertiary/aromatic N) is 1. The van der Waals surface area contributed by atoms with E-state index in [9.17, 15) is 9.59 Å². The summed E-state index contributed by atoms with van der Waals surface area (Å²) in [5.41, 5.74) is 2.41. The largest absolute Gasteiger partial charge is 0.462 e. The van der Waals surface area contributed by atoms with E-state index in [2.05, 4.69) is 0 Å². The topological polar surface area (TPSA) is 57.5 Å². The van der Waals surface area contributed by atoms with Crippen LogP contribution in [0.4, 0.5) is 0 Å². The van der Waals surface area contributed by atoms with Crippen LogP contribution in [0.1, 0.15) is 33.3 Å². The van der Waals surface area contributed by atoms with Crippen LogP contribution in [0.2, 0.25) is 25.1 Å². The molecule has 0 aliphatic heterocycles. The molecule has 198 valence electrons. The van der Waals surface area contributed by atoms with E-state index in [1.54, 1.807) is 13.0 Å². The maximum absolute atomic E-state index is 13.4. The first-order valence-corrected chi connectivity index (χ1v) is 13.6. The van der Waals surface area contributed by atoms with Gasteiger partial charge in [-0.15, -0.1) is 0 Å². The van der Waals surface area contributed by atoms with Crippen LogP contribution in [-0.4, -0.2) is 23.1 Å². The highest BCUT2D eigenvalue weighted by molar-refractivity contribution is 6.56. The molecule has 1 heterocycles. The zero-order valence-electron chi connectivity index (χ0n) is 20.5. The molecule has 0 radical (unpaired) electrons. The second kappa shape index (κ2) is 10.9. The van der Waals surface area contributed by atoms with E-state index in [0.29, 0.717) is 22.0 Å². The number of hydrogen-bond donors (Lipinski definition) is 0. The van der Waals surface area contributed by atoms with Gasteiger partial charge in [0, 0.05) is 27.5 Å². The summed E-state index contributed by atoms with van der Waals surface area (Å²) >= 11 is 31.1. The molecule has 0 saturated heterocycles. The van der Waals surface area contributed by atoms with Gasteiger partial charge in [0.1, 0.15) is 11.3 Å². The van der Waals surface area contributed by atoms with E-state index in [4.69, 9.17) is 67.5 Å². The van der Waals surface area contributed by atoms with Gasteiger partial charge in [0.05, 0.1) is 42.8 Å². The van der Waals surface area contributed by atoms with Gasteiger partial charge in [-0.1, -0.05) is 100 Å². The predicted molar refractivity (Wildman–Crippen MR) is 158 cm³/mol. The van der Waals surface area contributed by atoms with Crippen LogP contribution >= 0.6 is 58.0 Å². The molecule has 0 bridgehead atoms. The Morgan fingerprint density at radius 3 is 1.90 bits per heavy atom. The first-order chi connectivity index (χ1) is 18.7. The lowest BCUT2D eigenvalue weighted by molar-refractivity contribution is 0.0527. The molecule has 0 amide bonds. The van der Waals surface area contributed by atoms with Crippen LogP contribution in [0.15, 0.2) is 60.7 Å². The Labute approximate surface area is 248 Å². The average Bonchev–Trinajstić information content (AvgIpc) is 3.23. The van der Waals surface area contributed by atoms with Crippen molar-refractivity contribution < 1.29 is 19.1 Å². The van der Waals surface area contributed by atoms with Gasteiger partial charge < -0.3 is 14.0 Å². The normalized spacial score (nSPS) is 11.3. The number of hydrogen-bond acceptors (Lipinski definition) is 4. The molecule has 0 spiro atoms. The number of carbonyl (C=O) groups is 2. The first-order valence-electron chi connectivity index (χ1n) is 11.7. The van der Waals surface area contributed by atoms with Crippen LogP contribution < -0.4 is 4.74 Å². The van der Waals surface area contributed by atoms with Crippen molar-refractivity contribution in [1.82, 2.24) is 4.57 Å². The predicted octanol–water partition coefficient (Wildman–Crippen LogP) is 9.76. The standard InChI is InChI=1S/C29H18Cl5NO4/c1-3-38-28(36)20-14(2)35(15-9-5-4-6-10-15)27-17-12-8-7-11-16(17)19(13-18(20)27)39-29(37)21-22(30)24(32)26(34)25(33)23(21)31/h4-13H,3H2,1-2H3. The SMILES string of the molecule is CCOC(=O)c1c(C)n(-c2ccccc2)c2c1cc(OC(=O)c1c(Cl)c(Cl)c(Cl)c(Cl)c1Cl)c1ccccc12. The Kier molecular flexibility index (Phi) is 7.73. The van der Waals surface area contributed by atoms with Crippen molar-refractivity contribution in [1.29, 1.82) is 0 Å². The zero-order chi connectivity index (χ0) is 28.0. The molecule has 39 heavy (non-hydrogen) atoms. The summed E-state index contributed by atoms with van der Waals surface area (Å²) < 4.78 is 13.2. The highest BCUT2D eigenvalue weighted by atomic mass is 35.5. The summed E-state index contributed by atoms with van der Waals surface area (Å²) in [7, 11) is 0. The Morgan fingerprint density at radius 1 is 0.718 bits per heavy atom. The Balaban J connectivity index is 1.80. The smallest absolute Gasteiger partial charge is 0.346 e. The molecule has 0 saturated carbocycles. The van der Waals surface area contributed by atoms with Gasteiger partial charge in [-0.2, -0.15) is 0 Å². The van der Waals surface area contributed by atoms with Crippen molar-refractivity contribution in [3.63, 3.8) is 0 Å². The number of ether oxygens (including phenoxy) is 2. The fourth-order valence-corrected chi connectivity index (χ4v) is 5.91. The second-order valence-corrected chi connectivity index (χ2v) is 10.4. The zero-order valence-corrected chi connectivity index (χ0v) is 24.2. The van der Waals surface area contributed by atoms with Crippen LogP contribution in [0.5, 0.6) is 5.75 Å². The Morgan fingerprint density at radius 2 is 1.28 bits per heavy atom. The summed E-state index contributed by atoms with van der Waals surface area (Å²) in [5.74, 6) is -1.22. The molecule has 10 heteroatoms. The quantitative estimate of drug-likeness (QED) is 0.0849. The molecule has 5 aromatic rings. The Hall–Kier alpha value is -2.93. The van der Waals surface area contributed by atoms with Gasteiger partial charge in [-0.05, 0) is 32.0 Å². The van der Waals surface area contributed by atoms with Crippen molar-refractivity contribution in [3.05, 3.63) is 103 Å². The van der Waals surface area contributed by atoms with Crippen molar-refractivity contribution in [2.24, 2.45) is 0 Å². The average molecular weight is 622 g/mol. The lowest BCUT2D eigenvalue weighted by Gasteiger charge is -2.14. The molecule has 0 aliphatic carbocycles. The monoisotopic (exact) mass is 619 g/mol. The lowest BCUT2D eigenvalue weighted by Crippen LogP contribution is -2.11. The lowest BCUT2D eigenvalue weighted by atomic mass is 10.0. The summed E-state index contributed by atoms with van der Waals surface area (Å²) in [6, 6.07) is 18.6. The number of carbonyl (C=O) groups excluding carboxylic acids is 2. The molecule has 1 aromatic heterocycles. The van der Waals surface area contributed by atoms with Gasteiger partial charge in [-0.3, -0.25) is 0 Å². The highest BCUT2D eigenvalue weighted by Gasteiger charge is 2.28. The molecular formula is C29H18Cl5NO4. The van der Waals surface area contributed by atoms with Crippen LogP contribution in [-0.2, 0) is 4.74 Å². The van der Waals surface area contributed by atoms with Crippen LogP contribution in [0.3, 0.4) is 0 Å². The number of fused-ring (bicyclic) bond motifs is 3. The third-order valence-corrected chi connectivity index (χ3v) is 8.56. The maximum Gasteiger partial charge on any atom is 0.346 e. The van der Waals surface area contributed by atoms with Crippen molar-refractivity contribution in [2.45, 2.75) is 13.8 Å². The van der Waals surface area contributed by atoms with E-state index >= 15 is 0 Å². The van der Waals surface area contributed by atoms with Crippen molar-refractivity contribution in [2.75, 3.05) is 6.61 Å². The van der Waals surface area contributed by atoms with Crippen LogP contribution in [0.25, 0.3) is 27.4 Å². The molecule has 5 nitrogen and oxygen atoms in total. The van der Waals surface area contributed by atoms with Gasteiger partial charge >= 0.3 is 11.9 Å². The van der Waals surface area contributed by atoms with E-state index in [1.807, 2.05) is 66.1 Å². The van der Waals surface area contributed by atoms with Gasteiger partial charge in [0.15, 0.2) is 0 Å². The van der Waals surface area contributed by atoms with Gasteiger partial charge in [0.2, 0.25) is 0 Å². The number of aromatic nitrogens is 1. The number of halogens is 5. The van der Waals surface area contributed by atoms with E-state index < -0.39 is 11.9 Å². The molecule has 5 rings (SSSR count). The number of rotatable bonds is 5.